The molecule has 1 aliphatic carbocycles. The molecule has 7 nitrogen and oxygen atoms in total. The van der Waals surface area contributed by atoms with Gasteiger partial charge in [0.15, 0.2) is 0 Å². The van der Waals surface area contributed by atoms with Gasteiger partial charge in [-0.1, -0.05) is 49.2 Å². The van der Waals surface area contributed by atoms with E-state index < -0.39 is 28.7 Å². The number of urea groups is 1. The number of amides is 2. The summed E-state index contributed by atoms with van der Waals surface area (Å²) in [6, 6.07) is 14.1. The normalized spacial score (nSPS) is 20.8. The summed E-state index contributed by atoms with van der Waals surface area (Å²) < 4.78 is 29.4. The van der Waals surface area contributed by atoms with Crippen LogP contribution in [0.1, 0.15) is 37.7 Å². The standard InChI is InChI=1S/C28H30F2N4O3/c29-22-9-6-10-23(30)21(22)16-31-26(36)33-14-13-28(37,27(17-33)11-4-5-12-27)18-34-19-32-24(15-25(34)35)20-7-2-1-3-8-20/h1-3,6-10,15,19,37H,4-5,11-14,16-18H2,(H,31,36)/t28-/m1/s1. The molecule has 2 N–H and O–H groups in total. The van der Waals surface area contributed by atoms with Crippen molar-refractivity contribution in [3.63, 3.8) is 0 Å². The van der Waals surface area contributed by atoms with E-state index >= 15 is 0 Å². The first-order valence-electron chi connectivity index (χ1n) is 12.6. The zero-order valence-corrected chi connectivity index (χ0v) is 20.5. The Morgan fingerprint density at radius 2 is 1.73 bits per heavy atom. The largest absolute Gasteiger partial charge is 0.387 e. The molecular weight excluding hydrogens is 478 g/mol. The van der Waals surface area contributed by atoms with Crippen LogP contribution in [0.15, 0.2) is 65.7 Å². The highest BCUT2D eigenvalue weighted by atomic mass is 19.1. The van der Waals surface area contributed by atoms with Crippen LogP contribution in [0, 0.1) is 17.0 Å². The van der Waals surface area contributed by atoms with Crippen LogP contribution in [-0.2, 0) is 13.1 Å². The van der Waals surface area contributed by atoms with Crippen LogP contribution in [0.25, 0.3) is 11.3 Å². The van der Waals surface area contributed by atoms with Crippen molar-refractivity contribution in [1.29, 1.82) is 0 Å². The van der Waals surface area contributed by atoms with E-state index in [9.17, 15) is 23.5 Å². The minimum Gasteiger partial charge on any atom is -0.387 e. The fourth-order valence-corrected chi connectivity index (χ4v) is 5.84. The summed E-state index contributed by atoms with van der Waals surface area (Å²) in [6.45, 7) is 0.386. The number of rotatable bonds is 5. The van der Waals surface area contributed by atoms with E-state index in [0.29, 0.717) is 12.2 Å². The average molecular weight is 509 g/mol. The smallest absolute Gasteiger partial charge is 0.317 e. The van der Waals surface area contributed by atoms with E-state index in [0.717, 1.165) is 43.4 Å². The summed E-state index contributed by atoms with van der Waals surface area (Å²) in [5, 5.41) is 14.5. The molecule has 2 amide bonds. The van der Waals surface area contributed by atoms with Crippen molar-refractivity contribution < 1.29 is 18.7 Å². The van der Waals surface area contributed by atoms with Gasteiger partial charge in [-0.2, -0.15) is 0 Å². The fourth-order valence-electron chi connectivity index (χ4n) is 5.84. The van der Waals surface area contributed by atoms with Crippen LogP contribution in [0.5, 0.6) is 0 Å². The zero-order chi connectivity index (χ0) is 26.0. The van der Waals surface area contributed by atoms with Crippen molar-refractivity contribution in [2.75, 3.05) is 13.1 Å². The number of carbonyl (C=O) groups is 1. The van der Waals surface area contributed by atoms with Gasteiger partial charge in [0.2, 0.25) is 0 Å². The Bertz CT molecular complexity index is 1320. The SMILES string of the molecule is O=C(NCc1c(F)cccc1F)N1CC[C@@](O)(Cn2cnc(-c3ccccc3)cc2=O)C2(CCCC2)C1. The number of benzene rings is 2. The molecule has 2 aliphatic rings. The fraction of sp³-hybridized carbons (Fsp3) is 0.393. The van der Waals surface area contributed by atoms with Crippen LogP contribution in [0.2, 0.25) is 0 Å². The second-order valence-electron chi connectivity index (χ2n) is 10.2. The van der Waals surface area contributed by atoms with Crippen molar-refractivity contribution in [1.82, 2.24) is 19.8 Å². The molecule has 1 saturated carbocycles. The highest BCUT2D eigenvalue weighted by Crippen LogP contribution is 2.51. The number of aromatic nitrogens is 2. The predicted molar refractivity (Wildman–Crippen MR) is 135 cm³/mol. The van der Waals surface area contributed by atoms with E-state index in [-0.39, 0.29) is 37.2 Å². The minimum atomic E-state index is -1.20. The summed E-state index contributed by atoms with van der Waals surface area (Å²) in [5.74, 6) is -1.42. The van der Waals surface area contributed by atoms with Gasteiger partial charge in [-0.3, -0.25) is 9.36 Å². The summed E-state index contributed by atoms with van der Waals surface area (Å²) in [7, 11) is 0. The third kappa shape index (κ3) is 4.87. The molecule has 0 unspecified atom stereocenters. The molecule has 37 heavy (non-hydrogen) atoms. The summed E-state index contributed by atoms with van der Waals surface area (Å²) >= 11 is 0. The third-order valence-electron chi connectivity index (χ3n) is 7.98. The number of nitrogens with one attached hydrogen (secondary N) is 1. The van der Waals surface area contributed by atoms with Gasteiger partial charge in [-0.15, -0.1) is 0 Å². The number of hydrogen-bond donors (Lipinski definition) is 2. The Labute approximate surface area is 213 Å². The summed E-state index contributed by atoms with van der Waals surface area (Å²) in [5.41, 5.74) is -0.802. The van der Waals surface area contributed by atoms with Gasteiger partial charge in [-0.25, -0.2) is 18.6 Å². The Hall–Kier alpha value is -3.59. The molecule has 194 valence electrons. The number of likely N-dealkylation sites (tertiary alicyclic amines) is 1. The van der Waals surface area contributed by atoms with E-state index in [1.165, 1.54) is 23.0 Å². The Morgan fingerprint density at radius 3 is 2.41 bits per heavy atom. The van der Waals surface area contributed by atoms with E-state index in [2.05, 4.69) is 10.3 Å². The Morgan fingerprint density at radius 1 is 1.03 bits per heavy atom. The molecule has 9 heteroatoms. The number of halogens is 2. The maximum Gasteiger partial charge on any atom is 0.317 e. The van der Waals surface area contributed by atoms with E-state index in [4.69, 9.17) is 0 Å². The molecule has 1 aliphatic heterocycles. The first-order chi connectivity index (χ1) is 17.8. The van der Waals surface area contributed by atoms with Gasteiger partial charge < -0.3 is 15.3 Å². The zero-order valence-electron chi connectivity index (χ0n) is 20.5. The first-order valence-corrected chi connectivity index (χ1v) is 12.6. The lowest BCUT2D eigenvalue weighted by molar-refractivity contribution is -0.135. The van der Waals surface area contributed by atoms with Crippen molar-refractivity contribution in [3.8, 4) is 11.3 Å². The van der Waals surface area contributed by atoms with Crippen LogP contribution in [-0.4, -0.2) is 44.3 Å². The minimum absolute atomic E-state index is 0.0871. The molecule has 2 aromatic carbocycles. The average Bonchev–Trinajstić information content (AvgIpc) is 3.37. The second kappa shape index (κ2) is 10.0. The number of nitrogens with zero attached hydrogens (tertiary/aromatic N) is 3. The van der Waals surface area contributed by atoms with Gasteiger partial charge in [0.1, 0.15) is 11.6 Å². The van der Waals surface area contributed by atoms with Crippen molar-refractivity contribution in [2.24, 2.45) is 5.41 Å². The molecule has 0 bridgehead atoms. The van der Waals surface area contributed by atoms with Gasteiger partial charge in [0.25, 0.3) is 5.56 Å². The molecule has 3 aromatic rings. The predicted octanol–water partition coefficient (Wildman–Crippen LogP) is 4.10. The number of aliphatic hydroxyl groups is 1. The quantitative estimate of drug-likeness (QED) is 0.544. The number of hydrogen-bond acceptors (Lipinski definition) is 4. The molecule has 1 spiro atoms. The molecule has 2 fully saturated rings. The highest BCUT2D eigenvalue weighted by Gasteiger charge is 2.55. The molecule has 1 aromatic heterocycles. The van der Waals surface area contributed by atoms with Crippen LogP contribution >= 0.6 is 0 Å². The van der Waals surface area contributed by atoms with Gasteiger partial charge in [0, 0.05) is 35.7 Å². The topological polar surface area (TPSA) is 87.5 Å². The van der Waals surface area contributed by atoms with Crippen LogP contribution in [0.3, 0.4) is 0 Å². The second-order valence-corrected chi connectivity index (χ2v) is 10.2. The molecule has 0 radical (unpaired) electrons. The Kier molecular flexibility index (Phi) is 6.81. The van der Waals surface area contributed by atoms with Gasteiger partial charge in [0.05, 0.1) is 30.7 Å². The Balaban J connectivity index is 1.31. The number of carbonyl (C=O) groups excluding carboxylic acids is 1. The molecule has 1 saturated heterocycles. The van der Waals surface area contributed by atoms with Gasteiger partial charge >= 0.3 is 6.03 Å². The highest BCUT2D eigenvalue weighted by molar-refractivity contribution is 5.74. The monoisotopic (exact) mass is 508 g/mol. The van der Waals surface area contributed by atoms with Crippen molar-refractivity contribution in [3.05, 3.63) is 88.5 Å². The third-order valence-corrected chi connectivity index (χ3v) is 7.98. The molecule has 1 atom stereocenters. The van der Waals surface area contributed by atoms with Gasteiger partial charge in [-0.05, 0) is 31.4 Å². The first kappa shape index (κ1) is 25.1. The maximum absolute atomic E-state index is 14.0. The van der Waals surface area contributed by atoms with Crippen molar-refractivity contribution in [2.45, 2.75) is 50.8 Å². The van der Waals surface area contributed by atoms with E-state index in [1.54, 1.807) is 4.90 Å². The summed E-state index contributed by atoms with van der Waals surface area (Å²) in [4.78, 5) is 32.0. The van der Waals surface area contributed by atoms with Crippen molar-refractivity contribution >= 4 is 6.03 Å². The maximum atomic E-state index is 14.0. The lowest BCUT2D eigenvalue weighted by Crippen LogP contribution is -2.63. The molecule has 5 rings (SSSR count). The van der Waals surface area contributed by atoms with Crippen LogP contribution < -0.4 is 10.9 Å². The molecular formula is C28H30F2N4O3. The lowest BCUT2D eigenvalue weighted by Gasteiger charge is -2.52. The summed E-state index contributed by atoms with van der Waals surface area (Å²) in [6.07, 6.45) is 5.03. The lowest BCUT2D eigenvalue weighted by atomic mass is 9.66. The number of piperidine rings is 1. The van der Waals surface area contributed by atoms with E-state index in [1.807, 2.05) is 30.3 Å². The molecule has 2 heterocycles. The van der Waals surface area contributed by atoms with Crippen LogP contribution in [0.4, 0.5) is 13.6 Å².